The molecular weight excluding hydrogens is 402 g/mol. The molecule has 3 aliphatic heterocycles. The van der Waals surface area contributed by atoms with Crippen LogP contribution in [-0.4, -0.2) is 31.8 Å². The van der Waals surface area contributed by atoms with Crippen molar-refractivity contribution in [2.75, 3.05) is 24.7 Å². The molecule has 2 unspecified atom stereocenters. The predicted octanol–water partition coefficient (Wildman–Crippen LogP) is 4.25. The van der Waals surface area contributed by atoms with E-state index in [4.69, 9.17) is 14.2 Å². The molecule has 1 amide bonds. The molecule has 0 aromatic heterocycles. The first-order valence-corrected chi connectivity index (χ1v) is 11.2. The van der Waals surface area contributed by atoms with Gasteiger partial charge in [0, 0.05) is 23.7 Å². The van der Waals surface area contributed by atoms with Crippen LogP contribution in [0.3, 0.4) is 0 Å². The predicted molar refractivity (Wildman–Crippen MR) is 121 cm³/mol. The number of anilines is 1. The number of amides is 1. The lowest BCUT2D eigenvalue weighted by Crippen LogP contribution is -2.45. The number of fused-ring (bicyclic) bond motifs is 5. The molecule has 0 bridgehead atoms. The third-order valence-corrected chi connectivity index (χ3v) is 6.78. The summed E-state index contributed by atoms with van der Waals surface area (Å²) in [5.74, 6) is 1.69. The molecule has 0 fully saturated rings. The van der Waals surface area contributed by atoms with Crippen LogP contribution >= 0.6 is 0 Å². The van der Waals surface area contributed by atoms with Crippen molar-refractivity contribution in [3.8, 4) is 11.5 Å². The molecule has 5 heteroatoms. The Morgan fingerprint density at radius 3 is 2.69 bits per heavy atom. The number of nitrogens with zero attached hydrogens (tertiary/aromatic N) is 1. The molecule has 6 rings (SSSR count). The lowest BCUT2D eigenvalue weighted by atomic mass is 9.76. The second-order valence-electron chi connectivity index (χ2n) is 8.79. The van der Waals surface area contributed by atoms with E-state index in [1.807, 2.05) is 66.4 Å². The zero-order chi connectivity index (χ0) is 21.7. The number of carbonyl (C=O) groups is 1. The average Bonchev–Trinajstić information content (AvgIpc) is 3.50. The van der Waals surface area contributed by atoms with E-state index in [1.165, 1.54) is 0 Å². The number of rotatable bonds is 5. The van der Waals surface area contributed by atoms with Crippen molar-refractivity contribution in [1.82, 2.24) is 0 Å². The topological polar surface area (TPSA) is 48.0 Å². The molecule has 0 N–H and O–H groups in total. The van der Waals surface area contributed by atoms with Gasteiger partial charge < -0.3 is 19.1 Å². The third-order valence-electron chi connectivity index (χ3n) is 6.78. The Bertz CT molecular complexity index is 1190. The van der Waals surface area contributed by atoms with Crippen LogP contribution in [0, 0.1) is 0 Å². The van der Waals surface area contributed by atoms with Gasteiger partial charge in [-0.25, -0.2) is 0 Å². The van der Waals surface area contributed by atoms with Gasteiger partial charge in [-0.15, -0.1) is 0 Å². The summed E-state index contributed by atoms with van der Waals surface area (Å²) in [5, 5.41) is 0. The van der Waals surface area contributed by atoms with E-state index in [9.17, 15) is 4.79 Å². The number of hydrogen-bond acceptors (Lipinski definition) is 4. The van der Waals surface area contributed by atoms with Gasteiger partial charge in [0.2, 0.25) is 5.91 Å². The minimum absolute atomic E-state index is 0.0616. The molecule has 0 aliphatic carbocycles. The third kappa shape index (κ3) is 2.84. The largest absolute Gasteiger partial charge is 0.493 e. The highest BCUT2D eigenvalue weighted by Crippen LogP contribution is 2.53. The maximum atomic E-state index is 14.0. The Labute approximate surface area is 187 Å². The molecule has 0 saturated carbocycles. The highest BCUT2D eigenvalue weighted by Gasteiger charge is 2.57. The van der Waals surface area contributed by atoms with Crippen LogP contribution in [-0.2, 0) is 28.0 Å². The molecule has 3 aromatic carbocycles. The Kier molecular flexibility index (Phi) is 4.47. The standard InChI is InChI=1S/C27H25NO4/c1-18(31-16-19-7-3-2-4-8-19)15-28-23-10-6-5-9-21(23)27(26(28)29)17-32-25-14-24-20(11-12-30-24)13-22(25)27/h2-10,13-14,18H,11-12,15-17H2,1H3. The summed E-state index contributed by atoms with van der Waals surface area (Å²) in [4.78, 5) is 15.9. The van der Waals surface area contributed by atoms with Gasteiger partial charge in [-0.1, -0.05) is 48.5 Å². The Morgan fingerprint density at radius 1 is 1.00 bits per heavy atom. The molecule has 2 atom stereocenters. The van der Waals surface area contributed by atoms with Crippen molar-refractivity contribution in [3.05, 3.63) is 89.0 Å². The van der Waals surface area contributed by atoms with E-state index in [2.05, 4.69) is 12.1 Å². The quantitative estimate of drug-likeness (QED) is 0.611. The van der Waals surface area contributed by atoms with Gasteiger partial charge in [-0.3, -0.25) is 4.79 Å². The fourth-order valence-corrected chi connectivity index (χ4v) is 5.15. The lowest BCUT2D eigenvalue weighted by Gasteiger charge is -2.25. The first kappa shape index (κ1) is 19.4. The van der Waals surface area contributed by atoms with Crippen LogP contribution in [0.25, 0.3) is 0 Å². The number of para-hydroxylation sites is 1. The molecule has 162 valence electrons. The number of hydrogen-bond donors (Lipinski definition) is 0. The van der Waals surface area contributed by atoms with Gasteiger partial charge in [0.1, 0.15) is 23.5 Å². The van der Waals surface area contributed by atoms with E-state index in [0.717, 1.165) is 45.9 Å². The maximum Gasteiger partial charge on any atom is 0.245 e. The summed E-state index contributed by atoms with van der Waals surface area (Å²) in [6, 6.07) is 22.3. The van der Waals surface area contributed by atoms with Gasteiger partial charge in [0.15, 0.2) is 0 Å². The maximum absolute atomic E-state index is 14.0. The molecule has 0 saturated heterocycles. The Balaban J connectivity index is 1.32. The monoisotopic (exact) mass is 427 g/mol. The Morgan fingerprint density at radius 2 is 1.81 bits per heavy atom. The van der Waals surface area contributed by atoms with Crippen molar-refractivity contribution in [2.24, 2.45) is 0 Å². The number of ether oxygens (including phenoxy) is 3. The molecule has 32 heavy (non-hydrogen) atoms. The molecule has 3 aliphatic rings. The minimum Gasteiger partial charge on any atom is -0.493 e. The minimum atomic E-state index is -0.803. The summed E-state index contributed by atoms with van der Waals surface area (Å²) in [7, 11) is 0. The van der Waals surface area contributed by atoms with E-state index in [0.29, 0.717) is 26.4 Å². The molecule has 3 heterocycles. The van der Waals surface area contributed by atoms with Crippen molar-refractivity contribution in [1.29, 1.82) is 0 Å². The summed E-state index contributed by atoms with van der Waals surface area (Å²) in [5.41, 5.74) is 4.39. The summed E-state index contributed by atoms with van der Waals surface area (Å²) < 4.78 is 17.9. The zero-order valence-electron chi connectivity index (χ0n) is 18.0. The van der Waals surface area contributed by atoms with Crippen LogP contribution < -0.4 is 14.4 Å². The number of benzene rings is 3. The highest BCUT2D eigenvalue weighted by molar-refractivity contribution is 6.11. The van der Waals surface area contributed by atoms with Gasteiger partial charge in [0.05, 0.1) is 25.9 Å². The summed E-state index contributed by atoms with van der Waals surface area (Å²) in [6.07, 6.45) is 0.750. The first-order chi connectivity index (χ1) is 15.7. The van der Waals surface area contributed by atoms with Gasteiger partial charge in [0.25, 0.3) is 0 Å². The smallest absolute Gasteiger partial charge is 0.245 e. The molecule has 3 aromatic rings. The van der Waals surface area contributed by atoms with E-state index in [1.54, 1.807) is 0 Å². The molecule has 0 radical (unpaired) electrons. The molecule has 1 spiro atoms. The van der Waals surface area contributed by atoms with Crippen molar-refractivity contribution in [3.63, 3.8) is 0 Å². The zero-order valence-corrected chi connectivity index (χ0v) is 18.0. The van der Waals surface area contributed by atoms with E-state index >= 15 is 0 Å². The molecular formula is C27H25NO4. The van der Waals surface area contributed by atoms with Gasteiger partial charge >= 0.3 is 0 Å². The average molecular weight is 428 g/mol. The first-order valence-electron chi connectivity index (χ1n) is 11.2. The second-order valence-corrected chi connectivity index (χ2v) is 8.79. The van der Waals surface area contributed by atoms with Crippen molar-refractivity contribution < 1.29 is 19.0 Å². The van der Waals surface area contributed by atoms with Gasteiger partial charge in [-0.2, -0.15) is 0 Å². The van der Waals surface area contributed by atoms with Crippen molar-refractivity contribution >= 4 is 11.6 Å². The molecule has 5 nitrogen and oxygen atoms in total. The van der Waals surface area contributed by atoms with E-state index < -0.39 is 5.41 Å². The lowest BCUT2D eigenvalue weighted by molar-refractivity contribution is -0.122. The summed E-state index contributed by atoms with van der Waals surface area (Å²) in [6.45, 7) is 4.03. The van der Waals surface area contributed by atoms with Gasteiger partial charge in [-0.05, 0) is 35.7 Å². The van der Waals surface area contributed by atoms with Crippen LogP contribution in [0.4, 0.5) is 5.69 Å². The highest BCUT2D eigenvalue weighted by atomic mass is 16.5. The fourth-order valence-electron chi connectivity index (χ4n) is 5.15. The van der Waals surface area contributed by atoms with Crippen molar-refractivity contribution in [2.45, 2.75) is 31.5 Å². The Hall–Kier alpha value is -3.31. The normalized spacial score (nSPS) is 21.2. The fraction of sp³-hybridized carbons (Fsp3) is 0.296. The summed E-state index contributed by atoms with van der Waals surface area (Å²) >= 11 is 0. The van der Waals surface area contributed by atoms with Crippen LogP contribution in [0.1, 0.15) is 29.2 Å². The van der Waals surface area contributed by atoms with Crippen LogP contribution in [0.2, 0.25) is 0 Å². The SMILES string of the molecule is CC(CN1C(=O)C2(COc3cc4c(cc32)CCO4)c2ccccc21)OCc1ccccc1. The van der Waals surface area contributed by atoms with E-state index in [-0.39, 0.29) is 12.0 Å². The number of carbonyl (C=O) groups excluding carboxylic acids is 1. The van der Waals surface area contributed by atoms with Crippen LogP contribution in [0.5, 0.6) is 11.5 Å². The second kappa shape index (κ2) is 7.38. The van der Waals surface area contributed by atoms with Crippen LogP contribution in [0.15, 0.2) is 66.7 Å².